The summed E-state index contributed by atoms with van der Waals surface area (Å²) in [4.78, 5) is 14.8. The third kappa shape index (κ3) is 3.08. The Hall–Kier alpha value is -1.33. The van der Waals surface area contributed by atoms with Crippen molar-refractivity contribution in [2.75, 3.05) is 11.9 Å². The summed E-state index contributed by atoms with van der Waals surface area (Å²) in [6.07, 6.45) is 1.34. The van der Waals surface area contributed by atoms with Gasteiger partial charge in [-0.25, -0.2) is 4.98 Å². The van der Waals surface area contributed by atoms with Crippen molar-refractivity contribution in [3.05, 3.63) is 22.8 Å². The van der Waals surface area contributed by atoms with Gasteiger partial charge in [0.2, 0.25) is 5.91 Å². The molecule has 88 valence electrons. The second kappa shape index (κ2) is 4.67. The molecule has 0 saturated heterocycles. The zero-order valence-electron chi connectivity index (χ0n) is 9.12. The number of aliphatic hydroxyl groups is 1. The Bertz CT molecular complexity index is 407. The second-order valence-electron chi connectivity index (χ2n) is 4.09. The molecular weight excluding hydrogens is 230 g/mol. The molecule has 1 rings (SSSR count). The highest BCUT2D eigenvalue weighted by molar-refractivity contribution is 6.33. The van der Waals surface area contributed by atoms with Crippen LogP contribution in [-0.4, -0.2) is 28.1 Å². The molecule has 0 aliphatic carbocycles. The van der Waals surface area contributed by atoms with E-state index in [0.29, 0.717) is 5.82 Å². The topological polar surface area (TPSA) is 88.2 Å². The number of aromatic nitrogens is 1. The van der Waals surface area contributed by atoms with Gasteiger partial charge in [0, 0.05) is 6.20 Å². The van der Waals surface area contributed by atoms with Gasteiger partial charge in [-0.3, -0.25) is 4.79 Å². The number of anilines is 1. The third-order valence-corrected chi connectivity index (χ3v) is 2.27. The van der Waals surface area contributed by atoms with Crippen molar-refractivity contribution in [1.29, 1.82) is 0 Å². The predicted molar refractivity (Wildman–Crippen MR) is 62.6 cm³/mol. The van der Waals surface area contributed by atoms with Crippen molar-refractivity contribution in [3.8, 4) is 0 Å². The molecule has 1 aromatic heterocycles. The Morgan fingerprint density at radius 3 is 2.75 bits per heavy atom. The lowest BCUT2D eigenvalue weighted by Crippen LogP contribution is -2.35. The van der Waals surface area contributed by atoms with E-state index in [1.807, 2.05) is 0 Å². The number of nitrogens with one attached hydrogen (secondary N) is 1. The summed E-state index contributed by atoms with van der Waals surface area (Å²) in [5, 5.41) is 12.3. The highest BCUT2D eigenvalue weighted by atomic mass is 35.5. The van der Waals surface area contributed by atoms with E-state index < -0.39 is 11.4 Å². The van der Waals surface area contributed by atoms with Crippen LogP contribution in [0.5, 0.6) is 0 Å². The van der Waals surface area contributed by atoms with E-state index in [0.717, 1.165) is 0 Å². The van der Waals surface area contributed by atoms with Crippen LogP contribution < -0.4 is 11.1 Å². The van der Waals surface area contributed by atoms with Gasteiger partial charge in [0.1, 0.15) is 5.82 Å². The van der Waals surface area contributed by atoms with Crippen molar-refractivity contribution in [1.82, 2.24) is 4.98 Å². The summed E-state index contributed by atoms with van der Waals surface area (Å²) >= 11 is 5.92. The molecule has 16 heavy (non-hydrogen) atoms. The molecule has 0 aromatic carbocycles. The highest BCUT2D eigenvalue weighted by Crippen LogP contribution is 2.23. The fourth-order valence-electron chi connectivity index (χ4n) is 1.02. The van der Waals surface area contributed by atoms with Crippen molar-refractivity contribution >= 4 is 23.3 Å². The van der Waals surface area contributed by atoms with Crippen LogP contribution in [0.3, 0.4) is 0 Å². The SMILES string of the molecule is CC(C)(CO)Nc1ncc(C(N)=O)cc1Cl. The molecule has 0 spiro atoms. The van der Waals surface area contributed by atoms with E-state index in [1.54, 1.807) is 13.8 Å². The van der Waals surface area contributed by atoms with Crippen LogP contribution in [0.2, 0.25) is 5.02 Å². The van der Waals surface area contributed by atoms with Gasteiger partial charge < -0.3 is 16.2 Å². The number of pyridine rings is 1. The first-order valence-electron chi connectivity index (χ1n) is 4.70. The lowest BCUT2D eigenvalue weighted by molar-refractivity contribution is 0.1000. The average molecular weight is 244 g/mol. The molecule has 0 unspecified atom stereocenters. The van der Waals surface area contributed by atoms with Crippen LogP contribution in [0.4, 0.5) is 5.82 Å². The molecule has 0 radical (unpaired) electrons. The lowest BCUT2D eigenvalue weighted by Gasteiger charge is -2.24. The second-order valence-corrected chi connectivity index (χ2v) is 4.49. The maximum atomic E-state index is 10.9. The number of nitrogens with zero attached hydrogens (tertiary/aromatic N) is 1. The smallest absolute Gasteiger partial charge is 0.250 e. The van der Waals surface area contributed by atoms with Crippen molar-refractivity contribution in [2.24, 2.45) is 5.73 Å². The van der Waals surface area contributed by atoms with Gasteiger partial charge in [-0.1, -0.05) is 11.6 Å². The first-order valence-corrected chi connectivity index (χ1v) is 5.08. The molecule has 0 fully saturated rings. The zero-order chi connectivity index (χ0) is 12.3. The van der Waals surface area contributed by atoms with E-state index in [2.05, 4.69) is 10.3 Å². The first-order chi connectivity index (χ1) is 7.35. The summed E-state index contributed by atoms with van der Waals surface area (Å²) in [6, 6.07) is 1.44. The summed E-state index contributed by atoms with van der Waals surface area (Å²) in [5.41, 5.74) is 4.80. The number of hydrogen-bond donors (Lipinski definition) is 3. The fourth-order valence-corrected chi connectivity index (χ4v) is 1.24. The van der Waals surface area contributed by atoms with E-state index in [1.165, 1.54) is 12.3 Å². The van der Waals surface area contributed by atoms with Gasteiger partial charge in [0.15, 0.2) is 0 Å². The highest BCUT2D eigenvalue weighted by Gasteiger charge is 2.18. The van der Waals surface area contributed by atoms with Crippen molar-refractivity contribution < 1.29 is 9.90 Å². The molecule has 1 heterocycles. The monoisotopic (exact) mass is 243 g/mol. The Balaban J connectivity index is 2.96. The van der Waals surface area contributed by atoms with E-state index >= 15 is 0 Å². The number of carbonyl (C=O) groups is 1. The summed E-state index contributed by atoms with van der Waals surface area (Å²) in [7, 11) is 0. The molecule has 0 aliphatic rings. The van der Waals surface area contributed by atoms with Gasteiger partial charge in [-0.15, -0.1) is 0 Å². The predicted octanol–water partition coefficient (Wildman–Crippen LogP) is 1.02. The number of carbonyl (C=O) groups excluding carboxylic acids is 1. The summed E-state index contributed by atoms with van der Waals surface area (Å²) < 4.78 is 0. The normalized spacial score (nSPS) is 11.2. The molecule has 0 aliphatic heterocycles. The van der Waals surface area contributed by atoms with Crippen LogP contribution in [0.25, 0.3) is 0 Å². The number of aliphatic hydroxyl groups excluding tert-OH is 1. The number of hydrogen-bond acceptors (Lipinski definition) is 4. The van der Waals surface area contributed by atoms with Gasteiger partial charge in [0.25, 0.3) is 0 Å². The molecule has 4 N–H and O–H groups in total. The van der Waals surface area contributed by atoms with Crippen LogP contribution >= 0.6 is 11.6 Å². The maximum absolute atomic E-state index is 10.9. The van der Waals surface area contributed by atoms with E-state index in [-0.39, 0.29) is 17.2 Å². The van der Waals surface area contributed by atoms with Gasteiger partial charge in [-0.2, -0.15) is 0 Å². The van der Waals surface area contributed by atoms with Crippen LogP contribution in [0, 0.1) is 0 Å². The Morgan fingerprint density at radius 2 is 2.31 bits per heavy atom. The summed E-state index contributed by atoms with van der Waals surface area (Å²) in [5.74, 6) is -0.173. The molecule has 5 nitrogen and oxygen atoms in total. The zero-order valence-corrected chi connectivity index (χ0v) is 9.88. The molecule has 6 heteroatoms. The standard InChI is InChI=1S/C10H14ClN3O2/c1-10(2,5-15)14-9-7(11)3-6(4-13-9)8(12)16/h3-4,15H,5H2,1-2H3,(H2,12,16)(H,13,14). The van der Waals surface area contributed by atoms with Crippen molar-refractivity contribution in [2.45, 2.75) is 19.4 Å². The average Bonchev–Trinajstić information content (AvgIpc) is 2.20. The van der Waals surface area contributed by atoms with Gasteiger partial charge >= 0.3 is 0 Å². The maximum Gasteiger partial charge on any atom is 0.250 e. The van der Waals surface area contributed by atoms with Gasteiger partial charge in [0.05, 0.1) is 22.7 Å². The van der Waals surface area contributed by atoms with Crippen LogP contribution in [0.15, 0.2) is 12.3 Å². The molecule has 0 bridgehead atoms. The minimum absolute atomic E-state index is 0.0669. The fraction of sp³-hybridized carbons (Fsp3) is 0.400. The molecule has 0 saturated carbocycles. The minimum atomic E-state index is -0.581. The number of nitrogens with two attached hydrogens (primary N) is 1. The minimum Gasteiger partial charge on any atom is -0.394 e. The quantitative estimate of drug-likeness (QED) is 0.737. The Morgan fingerprint density at radius 1 is 1.69 bits per heavy atom. The van der Waals surface area contributed by atoms with E-state index in [4.69, 9.17) is 22.4 Å². The Kier molecular flexibility index (Phi) is 3.72. The molecule has 0 atom stereocenters. The van der Waals surface area contributed by atoms with Crippen LogP contribution in [0.1, 0.15) is 24.2 Å². The number of primary amides is 1. The molecule has 1 aromatic rings. The van der Waals surface area contributed by atoms with Crippen LogP contribution in [-0.2, 0) is 0 Å². The number of halogens is 1. The number of amides is 1. The molecular formula is C10H14ClN3O2. The summed E-state index contributed by atoms with van der Waals surface area (Å²) in [6.45, 7) is 3.53. The van der Waals surface area contributed by atoms with Crippen molar-refractivity contribution in [3.63, 3.8) is 0 Å². The largest absolute Gasteiger partial charge is 0.394 e. The number of rotatable bonds is 4. The van der Waals surface area contributed by atoms with E-state index in [9.17, 15) is 4.79 Å². The Labute approximate surface area is 98.6 Å². The van der Waals surface area contributed by atoms with Gasteiger partial charge in [-0.05, 0) is 19.9 Å². The first kappa shape index (κ1) is 12.7. The third-order valence-electron chi connectivity index (χ3n) is 1.98. The lowest BCUT2D eigenvalue weighted by atomic mass is 10.1. The molecule has 1 amide bonds.